The van der Waals surface area contributed by atoms with Crippen LogP contribution in [0.5, 0.6) is 0 Å². The van der Waals surface area contributed by atoms with E-state index in [0.29, 0.717) is 25.0 Å². The van der Waals surface area contributed by atoms with Gasteiger partial charge in [0.2, 0.25) is 0 Å². The zero-order chi connectivity index (χ0) is 29.6. The Morgan fingerprint density at radius 3 is 2.20 bits per heavy atom. The van der Waals surface area contributed by atoms with Crippen molar-refractivity contribution in [3.05, 3.63) is 54.0 Å². The van der Waals surface area contributed by atoms with E-state index >= 15 is 0 Å². The second-order valence-corrected chi connectivity index (χ2v) is 9.10. The first-order valence-electron chi connectivity index (χ1n) is 12.8. The SMILES string of the molecule is CCCN(CCC)CCNc1cc(C(F)(F)F)c(-c2cnc3c(Nc4ccc(C(F)(F)F)cn4)ccnc3n2)nn1. The van der Waals surface area contributed by atoms with Crippen LogP contribution in [-0.4, -0.2) is 61.2 Å². The molecule has 9 nitrogen and oxygen atoms in total. The Hall–Kier alpha value is -4.14. The first-order chi connectivity index (χ1) is 19.5. The van der Waals surface area contributed by atoms with E-state index in [-0.39, 0.29) is 28.5 Å². The van der Waals surface area contributed by atoms with Crippen LogP contribution in [0.25, 0.3) is 22.6 Å². The standard InChI is InChI=1S/C26H27F6N9/c1-3-10-41(11-4-2)12-9-33-21-13-17(26(30,31)32)22(40-39-21)19-15-36-23-18(7-8-34-24(23)38-19)37-20-6-5-16(14-35-20)25(27,28)29/h5-8,13-15H,3-4,9-12H2,1-2H3,(H,33,39)(H,34,35,37,38). The van der Waals surface area contributed by atoms with Gasteiger partial charge in [0.05, 0.1) is 23.0 Å². The molecule has 0 saturated heterocycles. The van der Waals surface area contributed by atoms with Crippen molar-refractivity contribution in [1.82, 2.24) is 35.0 Å². The molecule has 0 aliphatic carbocycles. The molecular formula is C26H27F6N9. The molecular weight excluding hydrogens is 552 g/mol. The number of halogens is 6. The molecule has 41 heavy (non-hydrogen) atoms. The minimum Gasteiger partial charge on any atom is -0.367 e. The van der Waals surface area contributed by atoms with Gasteiger partial charge < -0.3 is 15.5 Å². The van der Waals surface area contributed by atoms with Crippen molar-refractivity contribution in [2.75, 3.05) is 36.8 Å². The Balaban J connectivity index is 1.58. The van der Waals surface area contributed by atoms with Crippen molar-refractivity contribution in [3.8, 4) is 11.4 Å². The smallest absolute Gasteiger partial charge is 0.367 e. The van der Waals surface area contributed by atoms with E-state index in [0.717, 1.165) is 50.3 Å². The fraction of sp³-hybridized carbons (Fsp3) is 0.385. The molecule has 4 aromatic rings. The van der Waals surface area contributed by atoms with E-state index in [2.05, 4.69) is 59.5 Å². The monoisotopic (exact) mass is 579 g/mol. The lowest BCUT2D eigenvalue weighted by Gasteiger charge is -2.21. The molecule has 0 radical (unpaired) electrons. The van der Waals surface area contributed by atoms with Crippen LogP contribution in [0.2, 0.25) is 0 Å². The summed E-state index contributed by atoms with van der Waals surface area (Å²) in [6, 6.07) is 4.38. The quantitative estimate of drug-likeness (QED) is 0.201. The first-order valence-corrected chi connectivity index (χ1v) is 12.8. The lowest BCUT2D eigenvalue weighted by Crippen LogP contribution is -2.30. The number of nitrogens with zero attached hydrogens (tertiary/aromatic N) is 7. The van der Waals surface area contributed by atoms with Gasteiger partial charge in [0.25, 0.3) is 0 Å². The number of nitrogens with one attached hydrogen (secondary N) is 2. The number of anilines is 3. The van der Waals surface area contributed by atoms with E-state index in [4.69, 9.17) is 0 Å². The second-order valence-electron chi connectivity index (χ2n) is 9.10. The van der Waals surface area contributed by atoms with Crippen LogP contribution in [0, 0.1) is 0 Å². The summed E-state index contributed by atoms with van der Waals surface area (Å²) in [6.07, 6.45) is -4.23. The molecule has 0 aliphatic heterocycles. The molecule has 0 saturated carbocycles. The molecule has 0 bridgehead atoms. The summed E-state index contributed by atoms with van der Waals surface area (Å²) in [5, 5.41) is 13.5. The molecule has 0 amide bonds. The summed E-state index contributed by atoms with van der Waals surface area (Å²) in [4.78, 5) is 18.5. The minimum absolute atomic E-state index is 0.0107. The van der Waals surface area contributed by atoms with E-state index in [1.165, 1.54) is 12.3 Å². The third-order valence-corrected chi connectivity index (χ3v) is 5.96. The normalized spacial score (nSPS) is 12.2. The predicted molar refractivity (Wildman–Crippen MR) is 141 cm³/mol. The van der Waals surface area contributed by atoms with Crippen LogP contribution in [0.3, 0.4) is 0 Å². The lowest BCUT2D eigenvalue weighted by atomic mass is 10.1. The molecule has 218 valence electrons. The molecule has 0 unspecified atom stereocenters. The van der Waals surface area contributed by atoms with E-state index < -0.39 is 29.2 Å². The maximum absolute atomic E-state index is 14.0. The maximum atomic E-state index is 14.0. The number of hydrogen-bond acceptors (Lipinski definition) is 9. The second kappa shape index (κ2) is 12.6. The van der Waals surface area contributed by atoms with Gasteiger partial charge in [-0.05, 0) is 50.2 Å². The van der Waals surface area contributed by atoms with Crippen LogP contribution in [-0.2, 0) is 12.4 Å². The number of hydrogen-bond donors (Lipinski definition) is 2. The fourth-order valence-electron chi connectivity index (χ4n) is 4.10. The van der Waals surface area contributed by atoms with Crippen LogP contribution in [0.1, 0.15) is 37.8 Å². The summed E-state index contributed by atoms with van der Waals surface area (Å²) < 4.78 is 80.6. The maximum Gasteiger partial charge on any atom is 0.418 e. The highest BCUT2D eigenvalue weighted by Gasteiger charge is 2.36. The van der Waals surface area contributed by atoms with Crippen molar-refractivity contribution in [3.63, 3.8) is 0 Å². The highest BCUT2D eigenvalue weighted by molar-refractivity contribution is 5.87. The summed E-state index contributed by atoms with van der Waals surface area (Å²) in [7, 11) is 0. The molecule has 4 rings (SSSR count). The van der Waals surface area contributed by atoms with Gasteiger partial charge in [0.1, 0.15) is 28.5 Å². The molecule has 2 N–H and O–H groups in total. The number of alkyl halides is 6. The molecule has 0 aromatic carbocycles. The zero-order valence-electron chi connectivity index (χ0n) is 22.2. The van der Waals surface area contributed by atoms with Crippen molar-refractivity contribution < 1.29 is 26.3 Å². The molecule has 15 heteroatoms. The lowest BCUT2D eigenvalue weighted by molar-refractivity contribution is -0.138. The summed E-state index contributed by atoms with van der Waals surface area (Å²) >= 11 is 0. The number of fused-ring (bicyclic) bond motifs is 1. The number of pyridine rings is 2. The van der Waals surface area contributed by atoms with Crippen LogP contribution in [0.4, 0.5) is 43.7 Å². The van der Waals surface area contributed by atoms with Crippen LogP contribution in [0.15, 0.2) is 42.9 Å². The van der Waals surface area contributed by atoms with Gasteiger partial charge >= 0.3 is 12.4 Å². The molecule has 0 atom stereocenters. The van der Waals surface area contributed by atoms with E-state index in [9.17, 15) is 26.3 Å². The van der Waals surface area contributed by atoms with Gasteiger partial charge in [-0.1, -0.05) is 13.8 Å². The Morgan fingerprint density at radius 2 is 1.56 bits per heavy atom. The Labute approximate surface area is 231 Å². The van der Waals surface area contributed by atoms with E-state index in [1.807, 2.05) is 0 Å². The topological polar surface area (TPSA) is 105 Å². The molecule has 4 heterocycles. The molecule has 0 fully saturated rings. The predicted octanol–water partition coefficient (Wildman–Crippen LogP) is 6.19. The third-order valence-electron chi connectivity index (χ3n) is 5.96. The highest BCUT2D eigenvalue weighted by Crippen LogP contribution is 2.36. The summed E-state index contributed by atoms with van der Waals surface area (Å²) in [5.74, 6) is 0.0774. The van der Waals surface area contributed by atoms with Crippen molar-refractivity contribution in [2.45, 2.75) is 39.0 Å². The number of aromatic nitrogens is 6. The average molecular weight is 580 g/mol. The third kappa shape index (κ3) is 7.54. The molecule has 0 spiro atoms. The summed E-state index contributed by atoms with van der Waals surface area (Å²) in [5.41, 5.74) is -2.21. The average Bonchev–Trinajstić information content (AvgIpc) is 2.92. The first kappa shape index (κ1) is 29.8. The minimum atomic E-state index is -4.75. The van der Waals surface area contributed by atoms with Gasteiger partial charge in [-0.2, -0.15) is 26.3 Å². The Morgan fingerprint density at radius 1 is 0.805 bits per heavy atom. The zero-order valence-corrected chi connectivity index (χ0v) is 22.2. The highest BCUT2D eigenvalue weighted by atomic mass is 19.4. The Kier molecular flexibility index (Phi) is 9.15. The largest absolute Gasteiger partial charge is 0.418 e. The fourth-order valence-corrected chi connectivity index (χ4v) is 4.10. The number of rotatable bonds is 11. The van der Waals surface area contributed by atoms with Crippen molar-refractivity contribution in [2.24, 2.45) is 0 Å². The van der Waals surface area contributed by atoms with Crippen LogP contribution >= 0.6 is 0 Å². The van der Waals surface area contributed by atoms with Gasteiger partial charge in [-0.3, -0.25) is 0 Å². The van der Waals surface area contributed by atoms with Crippen molar-refractivity contribution in [1.29, 1.82) is 0 Å². The van der Waals surface area contributed by atoms with Crippen molar-refractivity contribution >= 4 is 28.5 Å². The van der Waals surface area contributed by atoms with Gasteiger partial charge in [0.15, 0.2) is 5.65 Å². The van der Waals surface area contributed by atoms with Gasteiger partial charge in [-0.15, -0.1) is 10.2 Å². The van der Waals surface area contributed by atoms with E-state index in [1.54, 1.807) is 0 Å². The summed E-state index contributed by atoms with van der Waals surface area (Å²) in [6.45, 7) is 6.95. The Bertz CT molecular complexity index is 1450. The molecule has 4 aromatic heterocycles. The van der Waals surface area contributed by atoms with Gasteiger partial charge in [0, 0.05) is 25.5 Å². The van der Waals surface area contributed by atoms with Gasteiger partial charge in [-0.25, -0.2) is 19.9 Å². The molecule has 0 aliphatic rings. The van der Waals surface area contributed by atoms with Crippen LogP contribution < -0.4 is 10.6 Å².